The zero-order valence-electron chi connectivity index (χ0n) is 19.7. The number of nitrogens with one attached hydrogen (secondary N) is 1. The first-order chi connectivity index (χ1) is 16.2. The molecule has 34 heavy (non-hydrogen) atoms. The number of nitrogens with zero attached hydrogens (tertiary/aromatic N) is 2. The highest BCUT2D eigenvalue weighted by Gasteiger charge is 2.37. The van der Waals surface area contributed by atoms with Crippen LogP contribution in [-0.2, 0) is 14.3 Å². The number of halogens is 2. The third-order valence-corrected chi connectivity index (χ3v) is 6.93. The first-order valence-electron chi connectivity index (χ1n) is 11.9. The van der Waals surface area contributed by atoms with Crippen LogP contribution >= 0.6 is 0 Å². The van der Waals surface area contributed by atoms with E-state index >= 15 is 0 Å². The number of carbonyl (C=O) groups is 2. The Morgan fingerprint density at radius 3 is 2.56 bits per heavy atom. The van der Waals surface area contributed by atoms with Gasteiger partial charge in [0.05, 0.1) is 12.0 Å². The maximum Gasteiger partial charge on any atom is 0.287 e. The summed E-state index contributed by atoms with van der Waals surface area (Å²) in [6, 6.07) is 2.42. The van der Waals surface area contributed by atoms with Crippen LogP contribution in [0.25, 0.3) is 0 Å². The number of allylic oxidation sites excluding steroid dienone is 2. The second-order valence-electron chi connectivity index (χ2n) is 9.84. The van der Waals surface area contributed by atoms with Gasteiger partial charge in [-0.2, -0.15) is 0 Å². The monoisotopic (exact) mass is 474 g/mol. The molecule has 4 rings (SSSR count). The molecule has 184 valence electrons. The van der Waals surface area contributed by atoms with Crippen LogP contribution in [0, 0.1) is 17.0 Å². The predicted octanol–water partition coefficient (Wildman–Crippen LogP) is 3.88. The van der Waals surface area contributed by atoms with E-state index in [1.807, 2.05) is 13.0 Å². The van der Waals surface area contributed by atoms with Gasteiger partial charge in [-0.25, -0.2) is 13.8 Å². The number of amidine groups is 1. The molecule has 9 heteroatoms. The molecule has 2 aliphatic heterocycles. The lowest BCUT2D eigenvalue weighted by atomic mass is 9.89. The molecule has 1 aromatic carbocycles. The molecule has 1 saturated carbocycles. The van der Waals surface area contributed by atoms with E-state index in [2.05, 4.69) is 17.2 Å². The number of piperidine rings is 1. The second kappa shape index (κ2) is 9.72. The molecule has 0 aromatic heterocycles. The lowest BCUT2D eigenvalue weighted by Crippen LogP contribution is -2.51. The zero-order valence-corrected chi connectivity index (χ0v) is 19.7. The topological polar surface area (TPSA) is 97.0 Å². The summed E-state index contributed by atoms with van der Waals surface area (Å²) < 4.78 is 35.3. The zero-order chi connectivity index (χ0) is 24.5. The van der Waals surface area contributed by atoms with Gasteiger partial charge >= 0.3 is 0 Å². The largest absolute Gasteiger partial charge is 0.431 e. The molecule has 1 aliphatic carbocycles. The number of imide groups is 1. The lowest BCUT2D eigenvalue weighted by Gasteiger charge is -2.39. The Kier molecular flexibility index (Phi) is 6.91. The Balaban J connectivity index is 1.34. The highest BCUT2D eigenvalue weighted by atomic mass is 19.1. The van der Waals surface area contributed by atoms with E-state index in [4.69, 9.17) is 10.5 Å². The number of hydrogen-bond acceptors (Lipinski definition) is 5. The van der Waals surface area contributed by atoms with E-state index < -0.39 is 29.4 Å². The summed E-state index contributed by atoms with van der Waals surface area (Å²) in [5.41, 5.74) is 6.52. The fraction of sp³-hybridized carbons (Fsp3) is 0.560. The van der Waals surface area contributed by atoms with Crippen molar-refractivity contribution < 1.29 is 23.1 Å². The van der Waals surface area contributed by atoms with Gasteiger partial charge in [0.2, 0.25) is 11.8 Å². The summed E-state index contributed by atoms with van der Waals surface area (Å²) in [5, 5.41) is 2.14. The number of ether oxygens (including phenoxy) is 1. The summed E-state index contributed by atoms with van der Waals surface area (Å²) in [7, 11) is 0. The Labute approximate surface area is 198 Å². The highest BCUT2D eigenvalue weighted by Crippen LogP contribution is 2.49. The number of benzene rings is 1. The van der Waals surface area contributed by atoms with E-state index in [-0.39, 0.29) is 30.5 Å². The van der Waals surface area contributed by atoms with Gasteiger partial charge < -0.3 is 15.4 Å². The smallest absolute Gasteiger partial charge is 0.287 e. The third-order valence-electron chi connectivity index (χ3n) is 6.93. The summed E-state index contributed by atoms with van der Waals surface area (Å²) in [4.78, 5) is 29.6. The normalized spacial score (nSPS) is 22.9. The molecule has 0 spiro atoms. The van der Waals surface area contributed by atoms with E-state index in [1.54, 1.807) is 4.90 Å². The van der Waals surface area contributed by atoms with Gasteiger partial charge in [-0.05, 0) is 55.7 Å². The molecule has 2 heterocycles. The molecular weight excluding hydrogens is 442 g/mol. The van der Waals surface area contributed by atoms with Crippen molar-refractivity contribution in [3.63, 3.8) is 0 Å². The van der Waals surface area contributed by atoms with Gasteiger partial charge in [0, 0.05) is 37.2 Å². The molecule has 0 radical (unpaired) electrons. The van der Waals surface area contributed by atoms with Crippen LogP contribution in [0.3, 0.4) is 0 Å². The quantitative estimate of drug-likeness (QED) is 0.258. The highest BCUT2D eigenvalue weighted by molar-refractivity contribution is 6.01. The number of anilines is 1. The molecule has 0 bridgehead atoms. The molecule has 3 aliphatic rings. The van der Waals surface area contributed by atoms with Gasteiger partial charge in [-0.3, -0.25) is 14.9 Å². The van der Waals surface area contributed by atoms with Gasteiger partial charge in [-0.1, -0.05) is 13.8 Å². The minimum atomic E-state index is -1.01. The number of nitrogens with two attached hydrogens (primary N) is 1. The first-order valence-corrected chi connectivity index (χ1v) is 11.9. The first kappa shape index (κ1) is 24.2. The minimum Gasteiger partial charge on any atom is -0.431 e. The SMILES string of the molecule is CC/C=C(\CCC1(C)CC1)OC(N)=NC1CN(c2cc(F)c(C3CCC(=O)NC3=O)c(F)c2)C1. The van der Waals surface area contributed by atoms with Crippen LogP contribution in [-0.4, -0.2) is 37.0 Å². The molecular formula is C25H32F2N4O3. The van der Waals surface area contributed by atoms with E-state index in [1.165, 1.54) is 25.0 Å². The Morgan fingerprint density at radius 2 is 1.97 bits per heavy atom. The summed E-state index contributed by atoms with van der Waals surface area (Å²) in [5.74, 6) is -2.86. The standard InChI is InChI=1S/C25H32F2N4O3/c1-3-4-17(7-8-25(2)9-10-25)34-24(28)29-15-13-31(14-15)16-11-19(26)22(20(27)12-16)18-5-6-21(32)30-23(18)33/h4,11-12,15,18H,3,5-10,13-14H2,1-2H3,(H2,28,29)(H,30,32,33)/b17-4+. The van der Waals surface area contributed by atoms with Gasteiger partial charge in [0.15, 0.2) is 0 Å². The molecule has 1 aromatic rings. The number of hydrogen-bond donors (Lipinski definition) is 2. The Morgan fingerprint density at radius 1 is 1.29 bits per heavy atom. The number of aliphatic imine (C=N–C) groups is 1. The fourth-order valence-electron chi connectivity index (χ4n) is 4.45. The Hall–Kier alpha value is -2.97. The van der Waals surface area contributed by atoms with E-state index in [9.17, 15) is 18.4 Å². The van der Waals surface area contributed by atoms with Gasteiger partial charge in [0.25, 0.3) is 6.02 Å². The molecule has 2 saturated heterocycles. The second-order valence-corrected chi connectivity index (χ2v) is 9.84. The average molecular weight is 475 g/mol. The molecule has 2 amide bonds. The van der Waals surface area contributed by atoms with Crippen molar-refractivity contribution in [2.24, 2.45) is 16.1 Å². The van der Waals surface area contributed by atoms with Crippen molar-refractivity contribution in [3.05, 3.63) is 41.2 Å². The van der Waals surface area contributed by atoms with Crippen LogP contribution in [0.2, 0.25) is 0 Å². The van der Waals surface area contributed by atoms with Crippen LogP contribution in [0.1, 0.15) is 70.3 Å². The van der Waals surface area contributed by atoms with Crippen molar-refractivity contribution >= 4 is 23.5 Å². The summed E-state index contributed by atoms with van der Waals surface area (Å²) >= 11 is 0. The van der Waals surface area contributed by atoms with Gasteiger partial charge in [-0.15, -0.1) is 0 Å². The van der Waals surface area contributed by atoms with Crippen LogP contribution in [0.15, 0.2) is 29.0 Å². The number of amides is 2. The average Bonchev–Trinajstić information content (AvgIpc) is 3.47. The Bertz CT molecular complexity index is 1010. The van der Waals surface area contributed by atoms with Crippen LogP contribution < -0.4 is 16.0 Å². The molecule has 1 unspecified atom stereocenters. The maximum absolute atomic E-state index is 14.8. The van der Waals surface area contributed by atoms with Crippen LogP contribution in [0.5, 0.6) is 0 Å². The van der Waals surface area contributed by atoms with E-state index in [0.29, 0.717) is 24.2 Å². The van der Waals surface area contributed by atoms with Crippen molar-refractivity contribution in [3.8, 4) is 0 Å². The van der Waals surface area contributed by atoms with E-state index in [0.717, 1.165) is 25.0 Å². The maximum atomic E-state index is 14.8. The van der Waals surface area contributed by atoms with Gasteiger partial charge in [0.1, 0.15) is 17.4 Å². The molecule has 3 fully saturated rings. The van der Waals surface area contributed by atoms with Crippen molar-refractivity contribution in [2.45, 2.75) is 70.8 Å². The molecule has 1 atom stereocenters. The summed E-state index contributed by atoms with van der Waals surface area (Å²) in [6.45, 7) is 5.22. The predicted molar refractivity (Wildman–Crippen MR) is 125 cm³/mol. The minimum absolute atomic E-state index is 0.0564. The van der Waals surface area contributed by atoms with Crippen molar-refractivity contribution in [1.29, 1.82) is 0 Å². The lowest BCUT2D eigenvalue weighted by molar-refractivity contribution is -0.134. The summed E-state index contributed by atoms with van der Waals surface area (Å²) in [6.07, 6.45) is 7.42. The third kappa shape index (κ3) is 5.56. The van der Waals surface area contributed by atoms with Crippen molar-refractivity contribution in [2.75, 3.05) is 18.0 Å². The fourth-order valence-corrected chi connectivity index (χ4v) is 4.45. The number of carbonyl (C=O) groups excluding carboxylic acids is 2. The molecule has 7 nitrogen and oxygen atoms in total. The molecule has 3 N–H and O–H groups in total. The number of rotatable bonds is 8. The van der Waals surface area contributed by atoms with Crippen LogP contribution in [0.4, 0.5) is 14.5 Å². The van der Waals surface area contributed by atoms with Crippen molar-refractivity contribution in [1.82, 2.24) is 5.32 Å².